The molecule has 1 fully saturated rings. The van der Waals surface area contributed by atoms with Crippen LogP contribution in [0.2, 0.25) is 0 Å². The maximum atomic E-state index is 11.9. The van der Waals surface area contributed by atoms with Gasteiger partial charge in [0.05, 0.1) is 5.75 Å². The number of piperidine rings is 1. The third-order valence-electron chi connectivity index (χ3n) is 4.30. The highest BCUT2D eigenvalue weighted by Gasteiger charge is 2.30. The van der Waals surface area contributed by atoms with E-state index in [4.69, 9.17) is 4.42 Å². The van der Waals surface area contributed by atoms with Gasteiger partial charge in [-0.1, -0.05) is 17.7 Å². The Kier molecular flexibility index (Phi) is 4.50. The fraction of sp³-hybridized carbons (Fsp3) is 0.500. The average Bonchev–Trinajstić information content (AvgIpc) is 3.05. The standard InChI is InChI=1S/C16H21N3O3S/c1-3-23(20,21)19-10-8-14(9-11-19)16-18-17-15(22-16)13-6-4-12(2)5-7-13/h4-7,14H,3,8-11H2,1-2H3. The number of rotatable bonds is 4. The molecule has 0 atom stereocenters. The fourth-order valence-electron chi connectivity index (χ4n) is 2.78. The van der Waals surface area contributed by atoms with Crippen molar-refractivity contribution < 1.29 is 12.8 Å². The van der Waals surface area contributed by atoms with E-state index in [1.54, 1.807) is 11.2 Å². The van der Waals surface area contributed by atoms with Crippen molar-refractivity contribution in [3.63, 3.8) is 0 Å². The molecule has 1 saturated heterocycles. The molecule has 0 unspecified atom stereocenters. The Morgan fingerprint density at radius 2 is 1.83 bits per heavy atom. The first-order chi connectivity index (χ1) is 11.0. The van der Waals surface area contributed by atoms with E-state index in [0.29, 0.717) is 24.9 Å². The van der Waals surface area contributed by atoms with E-state index < -0.39 is 10.0 Å². The third kappa shape index (κ3) is 3.45. The molecule has 1 aliphatic heterocycles. The van der Waals surface area contributed by atoms with E-state index in [9.17, 15) is 8.42 Å². The van der Waals surface area contributed by atoms with Crippen LogP contribution in [0.4, 0.5) is 0 Å². The molecule has 3 rings (SSSR count). The second-order valence-electron chi connectivity index (χ2n) is 5.89. The molecule has 1 aromatic heterocycles. The Balaban J connectivity index is 1.69. The first-order valence-corrected chi connectivity index (χ1v) is 9.49. The topological polar surface area (TPSA) is 76.3 Å². The van der Waals surface area contributed by atoms with Crippen LogP contribution in [0.3, 0.4) is 0 Å². The predicted molar refractivity (Wildman–Crippen MR) is 87.5 cm³/mol. The molecule has 0 bridgehead atoms. The van der Waals surface area contributed by atoms with Crippen molar-refractivity contribution in [3.8, 4) is 11.5 Å². The molecule has 7 heteroatoms. The summed E-state index contributed by atoms with van der Waals surface area (Å²) in [4.78, 5) is 0. The molecule has 0 radical (unpaired) electrons. The van der Waals surface area contributed by atoms with Crippen molar-refractivity contribution in [1.82, 2.24) is 14.5 Å². The number of hydrogen-bond donors (Lipinski definition) is 0. The molecule has 0 N–H and O–H groups in total. The van der Waals surface area contributed by atoms with Crippen LogP contribution in [0.5, 0.6) is 0 Å². The van der Waals surface area contributed by atoms with Gasteiger partial charge in [0, 0.05) is 24.6 Å². The quantitative estimate of drug-likeness (QED) is 0.858. The van der Waals surface area contributed by atoms with Gasteiger partial charge in [0.1, 0.15) is 0 Å². The number of sulfonamides is 1. The summed E-state index contributed by atoms with van der Waals surface area (Å²) in [5.41, 5.74) is 2.08. The highest BCUT2D eigenvalue weighted by Crippen LogP contribution is 2.30. The molecule has 23 heavy (non-hydrogen) atoms. The molecule has 2 heterocycles. The number of nitrogens with zero attached hydrogens (tertiary/aromatic N) is 3. The van der Waals surface area contributed by atoms with Gasteiger partial charge >= 0.3 is 0 Å². The van der Waals surface area contributed by atoms with E-state index in [2.05, 4.69) is 10.2 Å². The highest BCUT2D eigenvalue weighted by atomic mass is 32.2. The SMILES string of the molecule is CCS(=O)(=O)N1CCC(c2nnc(-c3ccc(C)cc3)o2)CC1. The summed E-state index contributed by atoms with van der Waals surface area (Å²) in [5, 5.41) is 8.29. The van der Waals surface area contributed by atoms with Gasteiger partial charge in [-0.2, -0.15) is 0 Å². The molecular weight excluding hydrogens is 314 g/mol. The van der Waals surface area contributed by atoms with Crippen LogP contribution in [0.1, 0.15) is 37.1 Å². The summed E-state index contributed by atoms with van der Waals surface area (Å²) in [6.45, 7) is 4.74. The van der Waals surface area contributed by atoms with Crippen molar-refractivity contribution >= 4 is 10.0 Å². The fourth-order valence-corrected chi connectivity index (χ4v) is 3.91. The van der Waals surface area contributed by atoms with E-state index in [-0.39, 0.29) is 11.7 Å². The summed E-state index contributed by atoms with van der Waals surface area (Å²) in [7, 11) is -3.10. The Morgan fingerprint density at radius 1 is 1.17 bits per heavy atom. The summed E-state index contributed by atoms with van der Waals surface area (Å²) in [6.07, 6.45) is 1.43. The van der Waals surface area contributed by atoms with Crippen LogP contribution in [0.25, 0.3) is 11.5 Å². The van der Waals surface area contributed by atoms with E-state index in [0.717, 1.165) is 18.4 Å². The summed E-state index contributed by atoms with van der Waals surface area (Å²) >= 11 is 0. The first-order valence-electron chi connectivity index (χ1n) is 7.88. The average molecular weight is 335 g/mol. The van der Waals surface area contributed by atoms with Crippen molar-refractivity contribution in [2.24, 2.45) is 0 Å². The van der Waals surface area contributed by atoms with Gasteiger partial charge in [0.15, 0.2) is 0 Å². The predicted octanol–water partition coefficient (Wildman–Crippen LogP) is 2.57. The van der Waals surface area contributed by atoms with E-state index >= 15 is 0 Å². The van der Waals surface area contributed by atoms with Crippen molar-refractivity contribution in [1.29, 1.82) is 0 Å². The zero-order valence-electron chi connectivity index (χ0n) is 13.4. The lowest BCUT2D eigenvalue weighted by atomic mass is 9.98. The van der Waals surface area contributed by atoms with Gasteiger partial charge < -0.3 is 4.42 Å². The van der Waals surface area contributed by atoms with Crippen LogP contribution in [-0.4, -0.2) is 41.8 Å². The molecule has 0 spiro atoms. The van der Waals surface area contributed by atoms with Crippen LogP contribution >= 0.6 is 0 Å². The zero-order chi connectivity index (χ0) is 16.4. The zero-order valence-corrected chi connectivity index (χ0v) is 14.2. The first kappa shape index (κ1) is 16.1. The molecule has 0 aliphatic carbocycles. The molecule has 0 amide bonds. The monoisotopic (exact) mass is 335 g/mol. The smallest absolute Gasteiger partial charge is 0.247 e. The minimum atomic E-state index is -3.10. The number of aromatic nitrogens is 2. The number of benzene rings is 1. The van der Waals surface area contributed by atoms with Gasteiger partial charge in [-0.15, -0.1) is 10.2 Å². The highest BCUT2D eigenvalue weighted by molar-refractivity contribution is 7.89. The minimum Gasteiger partial charge on any atom is -0.420 e. The molecule has 6 nitrogen and oxygen atoms in total. The molecular formula is C16H21N3O3S. The molecule has 124 valence electrons. The summed E-state index contributed by atoms with van der Waals surface area (Å²) in [5.74, 6) is 1.40. The largest absolute Gasteiger partial charge is 0.420 e. The van der Waals surface area contributed by atoms with Gasteiger partial charge in [-0.3, -0.25) is 0 Å². The molecule has 0 saturated carbocycles. The van der Waals surface area contributed by atoms with Gasteiger partial charge in [-0.25, -0.2) is 12.7 Å². The van der Waals surface area contributed by atoms with Crippen LogP contribution < -0.4 is 0 Å². The number of hydrogen-bond acceptors (Lipinski definition) is 5. The lowest BCUT2D eigenvalue weighted by molar-refractivity contribution is 0.291. The van der Waals surface area contributed by atoms with Crippen molar-refractivity contribution in [3.05, 3.63) is 35.7 Å². The Morgan fingerprint density at radius 3 is 2.43 bits per heavy atom. The second kappa shape index (κ2) is 6.41. The number of aryl methyl sites for hydroxylation is 1. The lowest BCUT2D eigenvalue weighted by Gasteiger charge is -2.29. The van der Waals surface area contributed by atoms with Gasteiger partial charge in [0.2, 0.25) is 21.8 Å². The molecule has 1 aliphatic rings. The minimum absolute atomic E-state index is 0.130. The normalized spacial score (nSPS) is 17.5. The Labute approximate surface area is 136 Å². The van der Waals surface area contributed by atoms with Crippen molar-refractivity contribution in [2.75, 3.05) is 18.8 Å². The maximum absolute atomic E-state index is 11.9. The van der Waals surface area contributed by atoms with Gasteiger partial charge in [-0.05, 0) is 38.8 Å². The van der Waals surface area contributed by atoms with Gasteiger partial charge in [0.25, 0.3) is 0 Å². The van der Waals surface area contributed by atoms with E-state index in [1.165, 1.54) is 5.56 Å². The Bertz CT molecular complexity index is 760. The van der Waals surface area contributed by atoms with Crippen molar-refractivity contribution in [2.45, 2.75) is 32.6 Å². The summed E-state index contributed by atoms with van der Waals surface area (Å²) in [6, 6.07) is 7.94. The molecule has 2 aromatic rings. The van der Waals surface area contributed by atoms with Crippen LogP contribution in [-0.2, 0) is 10.0 Å². The maximum Gasteiger partial charge on any atom is 0.247 e. The summed E-state index contributed by atoms with van der Waals surface area (Å²) < 4.78 is 31.1. The Hall–Kier alpha value is -1.73. The second-order valence-corrected chi connectivity index (χ2v) is 8.14. The van der Waals surface area contributed by atoms with Crippen LogP contribution in [0.15, 0.2) is 28.7 Å². The third-order valence-corrected chi connectivity index (χ3v) is 6.18. The lowest BCUT2D eigenvalue weighted by Crippen LogP contribution is -2.38. The van der Waals surface area contributed by atoms with Crippen LogP contribution in [0, 0.1) is 6.92 Å². The van der Waals surface area contributed by atoms with E-state index in [1.807, 2.05) is 31.2 Å². The molecule has 1 aromatic carbocycles.